The van der Waals surface area contributed by atoms with Gasteiger partial charge < -0.3 is 15.2 Å². The molecule has 1 aromatic rings. The van der Waals surface area contributed by atoms with Crippen molar-refractivity contribution in [2.75, 3.05) is 13.2 Å². The summed E-state index contributed by atoms with van der Waals surface area (Å²) < 4.78 is 5.62. The first-order valence-electron chi connectivity index (χ1n) is 7.61. The van der Waals surface area contributed by atoms with Gasteiger partial charge in [-0.25, -0.2) is 4.98 Å². The first-order valence-corrected chi connectivity index (χ1v) is 7.61. The molecule has 1 atom stereocenters. The average Bonchev–Trinajstić information content (AvgIpc) is 3.29. The second-order valence-corrected chi connectivity index (χ2v) is 5.99. The Morgan fingerprint density at radius 3 is 2.90 bits per heavy atom. The van der Waals surface area contributed by atoms with Crippen molar-refractivity contribution >= 4 is 5.91 Å². The Morgan fingerprint density at radius 1 is 1.52 bits per heavy atom. The lowest BCUT2D eigenvalue weighted by atomic mass is 10.1. The zero-order valence-electron chi connectivity index (χ0n) is 12.7. The van der Waals surface area contributed by atoms with Crippen LogP contribution in [-0.4, -0.2) is 35.3 Å². The third kappa shape index (κ3) is 4.70. The fraction of sp³-hybridized carbons (Fsp3) is 0.625. The van der Waals surface area contributed by atoms with Gasteiger partial charge in [-0.15, -0.1) is 0 Å². The standard InChI is InChI=1S/C16H24N2O3/c1-11(2)10-21-16-13(4-3-8-17-16)15(20)18-14(7-9-19)12-5-6-12/h3-4,8,11-12,14,19H,5-7,9-10H2,1-2H3,(H,18,20). The minimum atomic E-state index is -0.174. The second-order valence-electron chi connectivity index (χ2n) is 5.99. The normalized spacial score (nSPS) is 15.8. The largest absolute Gasteiger partial charge is 0.477 e. The van der Waals surface area contributed by atoms with Crippen LogP contribution in [0.4, 0.5) is 0 Å². The molecule has 1 unspecified atom stereocenters. The van der Waals surface area contributed by atoms with E-state index in [4.69, 9.17) is 9.84 Å². The molecule has 2 N–H and O–H groups in total. The minimum absolute atomic E-state index is 0.0423. The van der Waals surface area contributed by atoms with Crippen LogP contribution in [0.25, 0.3) is 0 Å². The molecular weight excluding hydrogens is 268 g/mol. The van der Waals surface area contributed by atoms with Gasteiger partial charge in [0.2, 0.25) is 5.88 Å². The molecule has 0 aromatic carbocycles. The van der Waals surface area contributed by atoms with Gasteiger partial charge in [0, 0.05) is 18.8 Å². The molecule has 21 heavy (non-hydrogen) atoms. The molecule has 1 aliphatic rings. The van der Waals surface area contributed by atoms with E-state index in [0.29, 0.717) is 36.3 Å². The molecule has 1 heterocycles. The number of rotatable bonds is 8. The summed E-state index contributed by atoms with van der Waals surface area (Å²) in [5, 5.41) is 12.1. The average molecular weight is 292 g/mol. The van der Waals surface area contributed by atoms with Crippen molar-refractivity contribution in [3.05, 3.63) is 23.9 Å². The summed E-state index contributed by atoms with van der Waals surface area (Å²) in [6, 6.07) is 3.50. The molecular formula is C16H24N2O3. The molecule has 1 aromatic heterocycles. The predicted molar refractivity (Wildman–Crippen MR) is 80.3 cm³/mol. The molecule has 1 fully saturated rings. The van der Waals surface area contributed by atoms with Crippen molar-refractivity contribution in [1.29, 1.82) is 0 Å². The van der Waals surface area contributed by atoms with Crippen LogP contribution in [0.3, 0.4) is 0 Å². The smallest absolute Gasteiger partial charge is 0.256 e. The van der Waals surface area contributed by atoms with Gasteiger partial charge in [-0.2, -0.15) is 0 Å². The third-order valence-electron chi connectivity index (χ3n) is 3.52. The number of amides is 1. The number of carbonyl (C=O) groups excluding carboxylic acids is 1. The molecule has 1 amide bonds. The summed E-state index contributed by atoms with van der Waals surface area (Å²) in [7, 11) is 0. The molecule has 0 radical (unpaired) electrons. The molecule has 0 aliphatic heterocycles. The van der Waals surface area contributed by atoms with Gasteiger partial charge in [-0.1, -0.05) is 13.8 Å². The second kappa shape index (κ2) is 7.41. The monoisotopic (exact) mass is 292 g/mol. The minimum Gasteiger partial charge on any atom is -0.477 e. The highest BCUT2D eigenvalue weighted by Crippen LogP contribution is 2.34. The van der Waals surface area contributed by atoms with E-state index in [9.17, 15) is 4.79 Å². The number of nitrogens with one attached hydrogen (secondary N) is 1. The van der Waals surface area contributed by atoms with Gasteiger partial charge in [0.05, 0.1) is 6.61 Å². The number of aromatic nitrogens is 1. The highest BCUT2D eigenvalue weighted by molar-refractivity contribution is 5.96. The van der Waals surface area contributed by atoms with Gasteiger partial charge in [-0.05, 0) is 43.2 Å². The van der Waals surface area contributed by atoms with Crippen LogP contribution >= 0.6 is 0 Å². The third-order valence-corrected chi connectivity index (χ3v) is 3.52. The van der Waals surface area contributed by atoms with Gasteiger partial charge in [0.1, 0.15) is 5.56 Å². The number of hydrogen-bond acceptors (Lipinski definition) is 4. The quantitative estimate of drug-likeness (QED) is 0.769. The predicted octanol–water partition coefficient (Wildman–Crippen LogP) is 2.01. The Bertz CT molecular complexity index is 472. The number of pyridine rings is 1. The molecule has 1 saturated carbocycles. The zero-order chi connectivity index (χ0) is 15.2. The Kier molecular flexibility index (Phi) is 5.56. The summed E-state index contributed by atoms with van der Waals surface area (Å²) >= 11 is 0. The molecule has 0 saturated heterocycles. The van der Waals surface area contributed by atoms with E-state index in [0.717, 1.165) is 12.8 Å². The van der Waals surface area contributed by atoms with E-state index in [-0.39, 0.29) is 18.6 Å². The van der Waals surface area contributed by atoms with Crippen LogP contribution in [0.15, 0.2) is 18.3 Å². The molecule has 116 valence electrons. The Balaban J connectivity index is 2.03. The number of aliphatic hydroxyl groups excluding tert-OH is 1. The van der Waals surface area contributed by atoms with E-state index < -0.39 is 0 Å². The Morgan fingerprint density at radius 2 is 2.29 bits per heavy atom. The Labute approximate surface area is 125 Å². The van der Waals surface area contributed by atoms with E-state index in [2.05, 4.69) is 10.3 Å². The van der Waals surface area contributed by atoms with Crippen LogP contribution in [-0.2, 0) is 0 Å². The fourth-order valence-corrected chi connectivity index (χ4v) is 2.23. The summed E-state index contributed by atoms with van der Waals surface area (Å²) in [6.07, 6.45) is 4.46. The molecule has 0 spiro atoms. The van der Waals surface area contributed by atoms with Crippen molar-refractivity contribution in [3.8, 4) is 5.88 Å². The summed E-state index contributed by atoms with van der Waals surface area (Å²) in [6.45, 7) is 4.71. The maximum atomic E-state index is 12.4. The van der Waals surface area contributed by atoms with Crippen LogP contribution in [0, 0.1) is 11.8 Å². The molecule has 5 nitrogen and oxygen atoms in total. The van der Waals surface area contributed by atoms with Crippen molar-refractivity contribution in [2.24, 2.45) is 11.8 Å². The van der Waals surface area contributed by atoms with Crippen LogP contribution in [0.1, 0.15) is 43.5 Å². The highest BCUT2D eigenvalue weighted by atomic mass is 16.5. The van der Waals surface area contributed by atoms with Crippen LogP contribution in [0.2, 0.25) is 0 Å². The lowest BCUT2D eigenvalue weighted by Crippen LogP contribution is -2.37. The fourth-order valence-electron chi connectivity index (χ4n) is 2.23. The maximum absolute atomic E-state index is 12.4. The highest BCUT2D eigenvalue weighted by Gasteiger charge is 2.32. The van der Waals surface area contributed by atoms with Gasteiger partial charge in [-0.3, -0.25) is 4.79 Å². The lowest BCUT2D eigenvalue weighted by Gasteiger charge is -2.18. The Hall–Kier alpha value is -1.62. The molecule has 1 aliphatic carbocycles. The van der Waals surface area contributed by atoms with Crippen molar-refractivity contribution in [3.63, 3.8) is 0 Å². The van der Waals surface area contributed by atoms with Crippen molar-refractivity contribution in [1.82, 2.24) is 10.3 Å². The number of hydrogen-bond donors (Lipinski definition) is 2. The SMILES string of the molecule is CC(C)COc1ncccc1C(=O)NC(CCO)C1CC1. The summed E-state index contributed by atoms with van der Waals surface area (Å²) in [4.78, 5) is 16.6. The van der Waals surface area contributed by atoms with Gasteiger partial charge >= 0.3 is 0 Å². The van der Waals surface area contributed by atoms with Crippen LogP contribution in [0.5, 0.6) is 5.88 Å². The summed E-state index contributed by atoms with van der Waals surface area (Å²) in [5.74, 6) is 1.07. The van der Waals surface area contributed by atoms with Crippen molar-refractivity contribution in [2.45, 2.75) is 39.2 Å². The van der Waals surface area contributed by atoms with E-state index >= 15 is 0 Å². The number of nitrogens with zero attached hydrogens (tertiary/aromatic N) is 1. The molecule has 0 bridgehead atoms. The number of carbonyl (C=O) groups is 1. The van der Waals surface area contributed by atoms with Crippen LogP contribution < -0.4 is 10.1 Å². The van der Waals surface area contributed by atoms with E-state index in [1.54, 1.807) is 18.3 Å². The molecule has 5 heteroatoms. The number of aliphatic hydroxyl groups is 1. The molecule has 2 rings (SSSR count). The van der Waals surface area contributed by atoms with Gasteiger partial charge in [0.15, 0.2) is 0 Å². The van der Waals surface area contributed by atoms with E-state index in [1.807, 2.05) is 13.8 Å². The lowest BCUT2D eigenvalue weighted by molar-refractivity contribution is 0.0918. The first-order chi connectivity index (χ1) is 10.1. The van der Waals surface area contributed by atoms with Gasteiger partial charge in [0.25, 0.3) is 5.91 Å². The topological polar surface area (TPSA) is 71.5 Å². The number of ether oxygens (including phenoxy) is 1. The van der Waals surface area contributed by atoms with Crippen molar-refractivity contribution < 1.29 is 14.6 Å². The zero-order valence-corrected chi connectivity index (χ0v) is 12.7. The maximum Gasteiger partial charge on any atom is 0.256 e. The summed E-state index contributed by atoms with van der Waals surface area (Å²) in [5.41, 5.74) is 0.460. The first kappa shape index (κ1) is 15.8. The van der Waals surface area contributed by atoms with E-state index in [1.165, 1.54) is 0 Å².